The highest BCUT2D eigenvalue weighted by molar-refractivity contribution is 6.06. The van der Waals surface area contributed by atoms with Gasteiger partial charge in [-0.15, -0.1) is 0 Å². The fraction of sp³-hybridized carbons (Fsp3) is 0.238. The van der Waals surface area contributed by atoms with Crippen molar-refractivity contribution in [3.05, 3.63) is 113 Å². The number of ether oxygens (including phenoxy) is 4. The number of carbonyl (C=O) groups excluding carboxylic acids is 2. The minimum absolute atomic E-state index is 0.0887. The molecule has 2 amide bonds. The molecule has 0 bridgehead atoms. The van der Waals surface area contributed by atoms with Crippen molar-refractivity contribution >= 4 is 52.5 Å². The maximum atomic E-state index is 13.7. The number of aliphatic imine (C=N–C) groups is 2. The SMILES string of the molecule is COc1ccc(C2=CN3C(=O)c4cc(C)c(OCCCOc5cc6c(cc5OC)C(=O)N5C=C(c7cccc(N)c7)C[C@H]5C=N6)cc4N=C[C@@H]3C2)cc1. The summed E-state index contributed by atoms with van der Waals surface area (Å²) in [5.41, 5.74) is 13.8. The van der Waals surface area contributed by atoms with Gasteiger partial charge in [0.15, 0.2) is 11.5 Å². The molecule has 11 heteroatoms. The molecule has 0 spiro atoms. The molecule has 53 heavy (non-hydrogen) atoms. The van der Waals surface area contributed by atoms with E-state index in [9.17, 15) is 9.59 Å². The number of fused-ring (bicyclic) bond motifs is 4. The van der Waals surface area contributed by atoms with E-state index >= 15 is 0 Å². The van der Waals surface area contributed by atoms with Gasteiger partial charge >= 0.3 is 0 Å². The first-order chi connectivity index (χ1) is 25.8. The van der Waals surface area contributed by atoms with Crippen LogP contribution >= 0.6 is 0 Å². The molecule has 2 N–H and O–H groups in total. The monoisotopic (exact) mass is 709 g/mol. The number of nitrogens with two attached hydrogens (primary N) is 1. The first-order valence-corrected chi connectivity index (χ1v) is 17.6. The molecule has 268 valence electrons. The molecule has 8 rings (SSSR count). The topological polar surface area (TPSA) is 128 Å². The van der Waals surface area contributed by atoms with Crippen LogP contribution in [0.1, 0.15) is 56.7 Å². The second-order valence-corrected chi connectivity index (χ2v) is 13.4. The Morgan fingerprint density at radius 1 is 0.698 bits per heavy atom. The molecule has 0 aromatic heterocycles. The third-order valence-corrected chi connectivity index (χ3v) is 9.96. The third kappa shape index (κ3) is 6.50. The second-order valence-electron chi connectivity index (χ2n) is 13.4. The quantitative estimate of drug-likeness (QED) is 0.134. The number of hydrogen-bond donors (Lipinski definition) is 1. The predicted octanol–water partition coefficient (Wildman–Crippen LogP) is 7.39. The van der Waals surface area contributed by atoms with Crippen LogP contribution in [-0.2, 0) is 0 Å². The van der Waals surface area contributed by atoms with Gasteiger partial charge in [-0.25, -0.2) is 0 Å². The van der Waals surface area contributed by atoms with E-state index in [1.807, 2.05) is 92.4 Å². The van der Waals surface area contributed by atoms with Gasteiger partial charge in [0.2, 0.25) is 0 Å². The average Bonchev–Trinajstić information content (AvgIpc) is 3.75. The van der Waals surface area contributed by atoms with Gasteiger partial charge in [-0.2, -0.15) is 0 Å². The lowest BCUT2D eigenvalue weighted by molar-refractivity contribution is 0.0809. The smallest absolute Gasteiger partial charge is 0.260 e. The van der Waals surface area contributed by atoms with Gasteiger partial charge in [-0.3, -0.25) is 19.6 Å². The van der Waals surface area contributed by atoms with E-state index in [0.717, 1.165) is 33.6 Å². The molecule has 4 aromatic carbocycles. The Morgan fingerprint density at radius 3 is 1.92 bits per heavy atom. The summed E-state index contributed by atoms with van der Waals surface area (Å²) < 4.78 is 23.2. The summed E-state index contributed by atoms with van der Waals surface area (Å²) in [5.74, 6) is 2.15. The van der Waals surface area contributed by atoms with Gasteiger partial charge in [-0.1, -0.05) is 24.3 Å². The molecule has 0 radical (unpaired) electrons. The van der Waals surface area contributed by atoms with Crippen LogP contribution in [0.4, 0.5) is 17.1 Å². The minimum Gasteiger partial charge on any atom is -0.497 e. The van der Waals surface area contributed by atoms with Crippen molar-refractivity contribution in [1.29, 1.82) is 0 Å². The molecule has 4 aromatic rings. The van der Waals surface area contributed by atoms with Gasteiger partial charge in [0.1, 0.15) is 11.5 Å². The maximum Gasteiger partial charge on any atom is 0.260 e. The number of methoxy groups -OCH3 is 2. The van der Waals surface area contributed by atoms with E-state index in [0.29, 0.717) is 77.9 Å². The molecule has 0 saturated heterocycles. The van der Waals surface area contributed by atoms with Crippen LogP contribution < -0.4 is 24.7 Å². The molecule has 4 aliphatic rings. The zero-order valence-electron chi connectivity index (χ0n) is 29.7. The van der Waals surface area contributed by atoms with Gasteiger partial charge in [0.25, 0.3) is 11.8 Å². The lowest BCUT2D eigenvalue weighted by atomic mass is 10.0. The number of aryl methyl sites for hydroxylation is 1. The van der Waals surface area contributed by atoms with Crippen LogP contribution in [-0.4, -0.2) is 73.6 Å². The molecule has 0 fully saturated rings. The van der Waals surface area contributed by atoms with Crippen molar-refractivity contribution in [3.63, 3.8) is 0 Å². The van der Waals surface area contributed by atoms with Crippen LogP contribution in [0.15, 0.2) is 95.2 Å². The molecule has 4 heterocycles. The average molecular weight is 710 g/mol. The Balaban J connectivity index is 0.898. The minimum atomic E-state index is -0.203. The van der Waals surface area contributed by atoms with Gasteiger partial charge in [-0.05, 0) is 71.2 Å². The van der Waals surface area contributed by atoms with Crippen LogP contribution in [0.3, 0.4) is 0 Å². The Kier molecular flexibility index (Phi) is 8.91. The number of amides is 2. The zero-order valence-corrected chi connectivity index (χ0v) is 29.7. The highest BCUT2D eigenvalue weighted by Crippen LogP contribution is 2.41. The number of nitrogens with zero attached hydrogens (tertiary/aromatic N) is 4. The summed E-state index contributed by atoms with van der Waals surface area (Å²) in [6.07, 6.45) is 9.36. The lowest BCUT2D eigenvalue weighted by Gasteiger charge is -2.19. The van der Waals surface area contributed by atoms with E-state index in [4.69, 9.17) is 34.7 Å². The Hall–Kier alpha value is -6.36. The summed E-state index contributed by atoms with van der Waals surface area (Å²) in [4.78, 5) is 40.3. The number of carbonyl (C=O) groups is 2. The standard InChI is InChI=1S/C42H39N5O6/c1-25-14-34-36(44-21-31-16-28(23-46(31)41(34)48)26-8-10-33(50-2)11-9-26)19-38(25)52-12-5-13-53-40-20-37-35(18-39(40)51-3)42(49)47-24-29(17-32(47)22-45-37)27-6-4-7-30(43)15-27/h4,6-11,14-15,18-24,31-32H,5,12-13,16-17,43H2,1-3H3/t31-,32-/m0/s1. The number of rotatable bonds is 10. The van der Waals surface area contributed by atoms with E-state index in [-0.39, 0.29) is 23.9 Å². The molecule has 4 aliphatic heterocycles. The Morgan fingerprint density at radius 2 is 1.30 bits per heavy atom. The highest BCUT2D eigenvalue weighted by atomic mass is 16.5. The predicted molar refractivity (Wildman–Crippen MR) is 205 cm³/mol. The number of hydrogen-bond acceptors (Lipinski definition) is 9. The summed E-state index contributed by atoms with van der Waals surface area (Å²) in [6, 6.07) is 22.3. The van der Waals surface area contributed by atoms with Crippen LogP contribution in [0.2, 0.25) is 0 Å². The molecule has 2 atom stereocenters. The zero-order chi connectivity index (χ0) is 36.6. The fourth-order valence-electron chi connectivity index (χ4n) is 7.12. The molecule has 0 aliphatic carbocycles. The van der Waals surface area contributed by atoms with Crippen molar-refractivity contribution in [2.24, 2.45) is 9.98 Å². The van der Waals surface area contributed by atoms with E-state index in [1.54, 1.807) is 36.2 Å². The van der Waals surface area contributed by atoms with E-state index < -0.39 is 0 Å². The van der Waals surface area contributed by atoms with Crippen LogP contribution in [0.5, 0.6) is 23.0 Å². The normalized spacial score (nSPS) is 18.3. The second kappa shape index (κ2) is 14.0. The molecular weight excluding hydrogens is 670 g/mol. The summed E-state index contributed by atoms with van der Waals surface area (Å²) in [7, 11) is 3.19. The number of anilines is 1. The largest absolute Gasteiger partial charge is 0.497 e. The van der Waals surface area contributed by atoms with Crippen molar-refractivity contribution < 1.29 is 28.5 Å². The Bertz CT molecular complexity index is 2240. The third-order valence-electron chi connectivity index (χ3n) is 9.96. The molecular formula is C42H39N5O6. The maximum absolute atomic E-state index is 13.7. The molecule has 0 unspecified atom stereocenters. The van der Waals surface area contributed by atoms with E-state index in [1.165, 1.54) is 0 Å². The molecule has 0 saturated carbocycles. The van der Waals surface area contributed by atoms with Crippen molar-refractivity contribution in [2.45, 2.75) is 38.3 Å². The number of benzene rings is 4. The molecule has 11 nitrogen and oxygen atoms in total. The summed E-state index contributed by atoms with van der Waals surface area (Å²) >= 11 is 0. The number of nitrogen functional groups attached to an aromatic ring is 1. The summed E-state index contributed by atoms with van der Waals surface area (Å²) in [6.45, 7) is 2.64. The highest BCUT2D eigenvalue weighted by Gasteiger charge is 2.35. The Labute approximate surface area is 307 Å². The van der Waals surface area contributed by atoms with Crippen molar-refractivity contribution in [1.82, 2.24) is 9.80 Å². The van der Waals surface area contributed by atoms with Gasteiger partial charge in [0.05, 0.1) is 62.0 Å². The van der Waals surface area contributed by atoms with Gasteiger partial charge < -0.3 is 34.5 Å². The first kappa shape index (κ1) is 33.8. The lowest BCUT2D eigenvalue weighted by Crippen LogP contribution is -2.32. The van der Waals surface area contributed by atoms with E-state index in [2.05, 4.69) is 0 Å². The fourth-order valence-corrected chi connectivity index (χ4v) is 7.12. The van der Waals surface area contributed by atoms with Gasteiger partial charge in [0, 0.05) is 61.9 Å². The van der Waals surface area contributed by atoms with Crippen LogP contribution in [0, 0.1) is 6.92 Å². The van der Waals surface area contributed by atoms with Crippen LogP contribution in [0.25, 0.3) is 11.1 Å². The van der Waals surface area contributed by atoms with Crippen molar-refractivity contribution in [2.75, 3.05) is 33.2 Å². The summed E-state index contributed by atoms with van der Waals surface area (Å²) in [5, 5.41) is 0. The van der Waals surface area contributed by atoms with Crippen molar-refractivity contribution in [3.8, 4) is 23.0 Å². The first-order valence-electron chi connectivity index (χ1n) is 17.6.